The maximum absolute atomic E-state index is 9.50. The van der Waals surface area contributed by atoms with Crippen molar-refractivity contribution in [3.8, 4) is 5.75 Å². The van der Waals surface area contributed by atoms with Crippen LogP contribution < -0.4 is 0 Å². The minimum atomic E-state index is 0.307. The SMILES string of the molecule is CSc1csc2ccc(O)c(Br)c12. The summed E-state index contributed by atoms with van der Waals surface area (Å²) in [6.45, 7) is 0. The van der Waals surface area contributed by atoms with Crippen molar-refractivity contribution in [1.82, 2.24) is 0 Å². The number of halogens is 1. The second kappa shape index (κ2) is 3.52. The standard InChI is InChI=1S/C9H7BrOS2/c1-12-7-4-13-6-3-2-5(11)9(10)8(6)7/h2-4,11H,1H3. The van der Waals surface area contributed by atoms with Gasteiger partial charge in [-0.3, -0.25) is 0 Å². The van der Waals surface area contributed by atoms with Crippen LogP contribution in [0.1, 0.15) is 0 Å². The van der Waals surface area contributed by atoms with E-state index in [4.69, 9.17) is 0 Å². The van der Waals surface area contributed by atoms with Crippen LogP contribution in [-0.4, -0.2) is 11.4 Å². The van der Waals surface area contributed by atoms with E-state index < -0.39 is 0 Å². The predicted octanol–water partition coefficient (Wildman–Crippen LogP) is 4.09. The molecule has 1 aromatic carbocycles. The fourth-order valence-electron chi connectivity index (χ4n) is 1.20. The van der Waals surface area contributed by atoms with Crippen LogP contribution in [0.2, 0.25) is 0 Å². The molecule has 0 amide bonds. The van der Waals surface area contributed by atoms with Gasteiger partial charge in [0.2, 0.25) is 0 Å². The Kier molecular flexibility index (Phi) is 2.53. The Bertz CT molecular complexity index is 450. The van der Waals surface area contributed by atoms with Gasteiger partial charge >= 0.3 is 0 Å². The Hall–Kier alpha value is -0.190. The summed E-state index contributed by atoms with van der Waals surface area (Å²) in [5, 5.41) is 12.7. The van der Waals surface area contributed by atoms with Gasteiger partial charge in [-0.2, -0.15) is 0 Å². The lowest BCUT2D eigenvalue weighted by atomic mass is 10.2. The van der Waals surface area contributed by atoms with Crippen molar-refractivity contribution >= 4 is 49.1 Å². The second-order valence-electron chi connectivity index (χ2n) is 2.58. The van der Waals surface area contributed by atoms with E-state index in [2.05, 4.69) is 21.3 Å². The summed E-state index contributed by atoms with van der Waals surface area (Å²) < 4.78 is 2.00. The van der Waals surface area contributed by atoms with Gasteiger partial charge in [0.15, 0.2) is 0 Å². The summed E-state index contributed by atoms with van der Waals surface area (Å²) in [6.07, 6.45) is 2.04. The molecule has 0 fully saturated rings. The highest BCUT2D eigenvalue weighted by molar-refractivity contribution is 9.10. The molecular formula is C9H7BrOS2. The highest BCUT2D eigenvalue weighted by atomic mass is 79.9. The van der Waals surface area contributed by atoms with Crippen LogP contribution in [0.15, 0.2) is 26.9 Å². The van der Waals surface area contributed by atoms with Gasteiger partial charge in [0.25, 0.3) is 0 Å². The zero-order valence-corrected chi connectivity index (χ0v) is 10.1. The average Bonchev–Trinajstić information content (AvgIpc) is 2.55. The Morgan fingerprint density at radius 1 is 1.46 bits per heavy atom. The van der Waals surface area contributed by atoms with Crippen LogP contribution in [0.25, 0.3) is 10.1 Å². The molecule has 0 aliphatic rings. The Labute approximate surface area is 92.9 Å². The molecule has 0 radical (unpaired) electrons. The molecule has 1 heterocycles. The van der Waals surface area contributed by atoms with Crippen molar-refractivity contribution in [3.63, 3.8) is 0 Å². The van der Waals surface area contributed by atoms with Crippen LogP contribution in [0.5, 0.6) is 5.75 Å². The minimum Gasteiger partial charge on any atom is -0.507 e. The van der Waals surface area contributed by atoms with E-state index in [-0.39, 0.29) is 0 Å². The monoisotopic (exact) mass is 274 g/mol. The van der Waals surface area contributed by atoms with Crippen molar-refractivity contribution in [2.45, 2.75) is 4.90 Å². The number of phenols is 1. The van der Waals surface area contributed by atoms with Crippen molar-refractivity contribution in [2.75, 3.05) is 6.26 Å². The first-order chi connectivity index (χ1) is 6.24. The topological polar surface area (TPSA) is 20.2 Å². The molecule has 4 heteroatoms. The molecule has 0 unspecified atom stereocenters. The normalized spacial score (nSPS) is 10.9. The third-order valence-electron chi connectivity index (χ3n) is 1.84. The maximum atomic E-state index is 9.50. The number of aromatic hydroxyl groups is 1. The fraction of sp³-hybridized carbons (Fsp3) is 0.111. The molecule has 2 aromatic rings. The average molecular weight is 275 g/mol. The largest absolute Gasteiger partial charge is 0.507 e. The smallest absolute Gasteiger partial charge is 0.130 e. The highest BCUT2D eigenvalue weighted by Gasteiger charge is 2.09. The number of thioether (sulfide) groups is 1. The van der Waals surface area contributed by atoms with E-state index >= 15 is 0 Å². The fourth-order valence-corrected chi connectivity index (χ4v) is 3.86. The van der Waals surface area contributed by atoms with Crippen LogP contribution >= 0.6 is 39.0 Å². The molecule has 0 aliphatic heterocycles. The summed E-state index contributed by atoms with van der Waals surface area (Å²) in [5.41, 5.74) is 0. The Morgan fingerprint density at radius 2 is 2.23 bits per heavy atom. The minimum absolute atomic E-state index is 0.307. The molecule has 0 aliphatic carbocycles. The molecule has 68 valence electrons. The number of phenolic OH excluding ortho intramolecular Hbond substituents is 1. The first-order valence-corrected chi connectivity index (χ1v) is 6.56. The van der Waals surface area contributed by atoms with E-state index in [0.717, 1.165) is 9.86 Å². The van der Waals surface area contributed by atoms with Gasteiger partial charge in [0.05, 0.1) is 4.47 Å². The lowest BCUT2D eigenvalue weighted by Gasteiger charge is -1.99. The van der Waals surface area contributed by atoms with Crippen LogP contribution in [-0.2, 0) is 0 Å². The van der Waals surface area contributed by atoms with Gasteiger partial charge in [0.1, 0.15) is 5.75 Å². The Balaban J connectivity index is 2.85. The summed E-state index contributed by atoms with van der Waals surface area (Å²) in [6, 6.07) is 3.66. The number of thiophene rings is 1. The quantitative estimate of drug-likeness (QED) is 0.791. The number of rotatable bonds is 1. The van der Waals surface area contributed by atoms with Crippen LogP contribution in [0.4, 0.5) is 0 Å². The third kappa shape index (κ3) is 1.47. The number of fused-ring (bicyclic) bond motifs is 1. The molecule has 1 aromatic heterocycles. The molecular weight excluding hydrogens is 268 g/mol. The van der Waals surface area contributed by atoms with E-state index in [9.17, 15) is 5.11 Å². The number of benzene rings is 1. The van der Waals surface area contributed by atoms with E-state index in [1.165, 1.54) is 9.60 Å². The number of hydrogen-bond acceptors (Lipinski definition) is 3. The first-order valence-electron chi connectivity index (χ1n) is 3.66. The highest BCUT2D eigenvalue weighted by Crippen LogP contribution is 2.40. The van der Waals surface area contributed by atoms with Crippen LogP contribution in [0.3, 0.4) is 0 Å². The molecule has 0 atom stereocenters. The molecule has 0 bridgehead atoms. The van der Waals surface area contributed by atoms with Gasteiger partial charge in [-0.15, -0.1) is 23.1 Å². The first kappa shape index (κ1) is 9.37. The zero-order valence-electron chi connectivity index (χ0n) is 6.87. The van der Waals surface area contributed by atoms with E-state index in [1.807, 2.05) is 12.3 Å². The number of hydrogen-bond donors (Lipinski definition) is 1. The lowest BCUT2D eigenvalue weighted by molar-refractivity contribution is 0.473. The maximum Gasteiger partial charge on any atom is 0.130 e. The van der Waals surface area contributed by atoms with Gasteiger partial charge in [-0.05, 0) is 34.3 Å². The summed E-state index contributed by atoms with van der Waals surface area (Å²) in [7, 11) is 0. The van der Waals surface area contributed by atoms with Crippen molar-refractivity contribution in [1.29, 1.82) is 0 Å². The van der Waals surface area contributed by atoms with Gasteiger partial charge in [-0.1, -0.05) is 0 Å². The van der Waals surface area contributed by atoms with Gasteiger partial charge in [-0.25, -0.2) is 0 Å². The third-order valence-corrected chi connectivity index (χ3v) is 4.50. The van der Waals surface area contributed by atoms with Crippen molar-refractivity contribution < 1.29 is 5.11 Å². The molecule has 2 rings (SSSR count). The lowest BCUT2D eigenvalue weighted by Crippen LogP contribution is -1.72. The predicted molar refractivity (Wildman–Crippen MR) is 63.0 cm³/mol. The Morgan fingerprint density at radius 3 is 2.92 bits per heavy atom. The van der Waals surface area contributed by atoms with Gasteiger partial charge in [0, 0.05) is 20.4 Å². The zero-order chi connectivity index (χ0) is 9.42. The van der Waals surface area contributed by atoms with Gasteiger partial charge < -0.3 is 5.11 Å². The van der Waals surface area contributed by atoms with Crippen molar-refractivity contribution in [2.24, 2.45) is 0 Å². The molecule has 1 nitrogen and oxygen atoms in total. The molecule has 0 saturated heterocycles. The summed E-state index contributed by atoms with van der Waals surface area (Å²) in [4.78, 5) is 1.21. The molecule has 0 saturated carbocycles. The molecule has 0 spiro atoms. The summed E-state index contributed by atoms with van der Waals surface area (Å²) >= 11 is 6.79. The second-order valence-corrected chi connectivity index (χ2v) is 5.13. The van der Waals surface area contributed by atoms with Crippen molar-refractivity contribution in [3.05, 3.63) is 22.0 Å². The van der Waals surface area contributed by atoms with E-state index in [1.54, 1.807) is 29.2 Å². The molecule has 13 heavy (non-hydrogen) atoms. The summed E-state index contributed by atoms with van der Waals surface area (Å²) in [5.74, 6) is 0.307. The van der Waals surface area contributed by atoms with Crippen LogP contribution in [0, 0.1) is 0 Å². The molecule has 1 N–H and O–H groups in total. The van der Waals surface area contributed by atoms with E-state index in [0.29, 0.717) is 5.75 Å².